The molecule has 2 amide bonds. The van der Waals surface area contributed by atoms with Crippen LogP contribution in [0, 0.1) is 0 Å². The molecule has 4 rings (SSSR count). The smallest absolute Gasteiger partial charge is 0.411 e. The molecular weight excluding hydrogens is 432 g/mol. The maximum absolute atomic E-state index is 12.7. The largest absolute Gasteiger partial charge is 0.480 e. The van der Waals surface area contributed by atoms with Crippen molar-refractivity contribution in [2.75, 3.05) is 11.9 Å². The second kappa shape index (κ2) is 9.79. The van der Waals surface area contributed by atoms with E-state index in [1.54, 1.807) is 18.2 Å². The number of fused-ring (bicyclic) bond motifs is 3. The second-order valence-electron chi connectivity index (χ2n) is 8.22. The molecular formula is C27H26N2O5. The molecule has 1 atom stereocenters. The summed E-state index contributed by atoms with van der Waals surface area (Å²) < 4.78 is 5.58. The van der Waals surface area contributed by atoms with E-state index in [1.165, 1.54) is 6.92 Å². The molecule has 0 bridgehead atoms. The number of aryl methyl sites for hydroxylation is 1. The molecule has 0 saturated heterocycles. The van der Waals surface area contributed by atoms with Crippen LogP contribution in [0.3, 0.4) is 0 Å². The van der Waals surface area contributed by atoms with Gasteiger partial charge < -0.3 is 15.2 Å². The Morgan fingerprint density at radius 2 is 1.59 bits per heavy atom. The van der Waals surface area contributed by atoms with Gasteiger partial charge in [0.25, 0.3) is 5.91 Å². The molecule has 0 fully saturated rings. The third-order valence-electron chi connectivity index (χ3n) is 6.04. The number of hydrogen-bond acceptors (Lipinski definition) is 4. The Kier molecular flexibility index (Phi) is 6.63. The van der Waals surface area contributed by atoms with E-state index < -0.39 is 24.0 Å². The molecule has 7 nitrogen and oxygen atoms in total. The number of aliphatic carboxylic acids is 1. The lowest BCUT2D eigenvalue weighted by atomic mass is 9.98. The third kappa shape index (κ3) is 4.64. The van der Waals surface area contributed by atoms with E-state index >= 15 is 0 Å². The Balaban J connectivity index is 1.50. The van der Waals surface area contributed by atoms with Crippen molar-refractivity contribution in [3.05, 3.63) is 89.0 Å². The summed E-state index contributed by atoms with van der Waals surface area (Å²) in [7, 11) is 0. The van der Waals surface area contributed by atoms with Crippen LogP contribution in [0.1, 0.15) is 46.8 Å². The van der Waals surface area contributed by atoms with Gasteiger partial charge in [-0.05, 0) is 53.3 Å². The summed E-state index contributed by atoms with van der Waals surface area (Å²) in [5.41, 5.74) is 5.79. The molecule has 174 valence electrons. The average molecular weight is 459 g/mol. The van der Waals surface area contributed by atoms with Gasteiger partial charge in [-0.15, -0.1) is 0 Å². The Labute approximate surface area is 197 Å². The highest BCUT2D eigenvalue weighted by atomic mass is 16.5. The summed E-state index contributed by atoms with van der Waals surface area (Å²) in [5.74, 6) is -1.81. The van der Waals surface area contributed by atoms with Crippen molar-refractivity contribution < 1.29 is 24.2 Å². The maximum Gasteiger partial charge on any atom is 0.411 e. The summed E-state index contributed by atoms with van der Waals surface area (Å²) in [4.78, 5) is 36.5. The summed E-state index contributed by atoms with van der Waals surface area (Å²) in [6.45, 7) is 3.46. The molecule has 3 N–H and O–H groups in total. The lowest BCUT2D eigenvalue weighted by Crippen LogP contribution is -2.38. The van der Waals surface area contributed by atoms with Gasteiger partial charge in [-0.1, -0.05) is 61.5 Å². The predicted molar refractivity (Wildman–Crippen MR) is 129 cm³/mol. The van der Waals surface area contributed by atoms with Gasteiger partial charge in [-0.2, -0.15) is 0 Å². The van der Waals surface area contributed by atoms with Crippen LogP contribution in [0.15, 0.2) is 66.7 Å². The molecule has 0 aromatic heterocycles. The van der Waals surface area contributed by atoms with Crippen LogP contribution in [-0.2, 0) is 16.0 Å². The lowest BCUT2D eigenvalue weighted by Gasteiger charge is -2.17. The van der Waals surface area contributed by atoms with Gasteiger partial charge in [0.1, 0.15) is 12.6 Å². The van der Waals surface area contributed by atoms with E-state index in [0.29, 0.717) is 6.42 Å². The van der Waals surface area contributed by atoms with Crippen LogP contribution in [0.5, 0.6) is 0 Å². The summed E-state index contributed by atoms with van der Waals surface area (Å²) in [6, 6.07) is 20.1. The topological polar surface area (TPSA) is 105 Å². The first-order valence-corrected chi connectivity index (χ1v) is 11.2. The van der Waals surface area contributed by atoms with Crippen molar-refractivity contribution in [3.63, 3.8) is 0 Å². The molecule has 1 aliphatic carbocycles. The van der Waals surface area contributed by atoms with E-state index in [4.69, 9.17) is 9.84 Å². The Morgan fingerprint density at radius 3 is 2.18 bits per heavy atom. The molecule has 0 radical (unpaired) electrons. The van der Waals surface area contributed by atoms with Crippen molar-refractivity contribution in [2.24, 2.45) is 0 Å². The van der Waals surface area contributed by atoms with E-state index in [-0.39, 0.29) is 23.8 Å². The number of ether oxygens (including phenoxy) is 1. The van der Waals surface area contributed by atoms with E-state index in [1.807, 2.05) is 43.3 Å². The van der Waals surface area contributed by atoms with Crippen molar-refractivity contribution in [1.29, 1.82) is 0 Å². The molecule has 3 aromatic carbocycles. The van der Waals surface area contributed by atoms with Gasteiger partial charge in [-0.3, -0.25) is 14.9 Å². The lowest BCUT2D eigenvalue weighted by molar-refractivity contribution is -0.138. The minimum atomic E-state index is -1.15. The Bertz CT molecular complexity index is 1210. The highest BCUT2D eigenvalue weighted by Gasteiger charge is 2.29. The van der Waals surface area contributed by atoms with Crippen molar-refractivity contribution in [3.8, 4) is 11.1 Å². The molecule has 7 heteroatoms. The number of carbonyl (C=O) groups is 3. The van der Waals surface area contributed by atoms with Crippen LogP contribution in [0.4, 0.5) is 10.5 Å². The standard InChI is InChI=1S/C27H26N2O5/c1-3-17-12-13-24(22(14-17)25(30)28-16(2)26(31)32)29-27(33)34-15-23-20-10-6-4-8-18(20)19-9-5-7-11-21(19)23/h4-14,16,23H,3,15H2,1-2H3,(H,28,30)(H,29,33)(H,31,32)/t16-/m1/s1. The number of carboxylic acid groups (broad SMARTS) is 1. The number of benzene rings is 3. The zero-order valence-electron chi connectivity index (χ0n) is 19.0. The number of nitrogens with one attached hydrogen (secondary N) is 2. The molecule has 0 aliphatic heterocycles. The van der Waals surface area contributed by atoms with Gasteiger partial charge in [-0.25, -0.2) is 4.79 Å². The van der Waals surface area contributed by atoms with Crippen molar-refractivity contribution in [1.82, 2.24) is 5.32 Å². The maximum atomic E-state index is 12.7. The minimum Gasteiger partial charge on any atom is -0.480 e. The number of rotatable bonds is 7. The van der Waals surface area contributed by atoms with Gasteiger partial charge in [0.05, 0.1) is 11.3 Å². The normalized spacial score (nSPS) is 12.9. The van der Waals surface area contributed by atoms with E-state index in [9.17, 15) is 14.4 Å². The first kappa shape index (κ1) is 23.0. The SMILES string of the molecule is CCc1ccc(NC(=O)OCC2c3ccccc3-c3ccccc32)c(C(=O)N[C@H](C)C(=O)O)c1. The quantitative estimate of drug-likeness (QED) is 0.471. The molecule has 3 aromatic rings. The fourth-order valence-electron chi connectivity index (χ4n) is 4.19. The Hall–Kier alpha value is -4.13. The first-order valence-electron chi connectivity index (χ1n) is 11.2. The van der Waals surface area contributed by atoms with Crippen LogP contribution in [-0.4, -0.2) is 35.7 Å². The number of carbonyl (C=O) groups excluding carboxylic acids is 2. The van der Waals surface area contributed by atoms with Crippen LogP contribution < -0.4 is 10.6 Å². The molecule has 0 heterocycles. The summed E-state index contributed by atoms with van der Waals surface area (Å²) in [6.07, 6.45) is -0.00793. The summed E-state index contributed by atoms with van der Waals surface area (Å²) in [5, 5.41) is 14.2. The minimum absolute atomic E-state index is 0.0835. The van der Waals surface area contributed by atoms with E-state index in [0.717, 1.165) is 27.8 Å². The Morgan fingerprint density at radius 1 is 0.971 bits per heavy atom. The van der Waals surface area contributed by atoms with Crippen LogP contribution >= 0.6 is 0 Å². The zero-order valence-corrected chi connectivity index (χ0v) is 19.0. The van der Waals surface area contributed by atoms with Gasteiger partial charge in [0.2, 0.25) is 0 Å². The summed E-state index contributed by atoms with van der Waals surface area (Å²) >= 11 is 0. The van der Waals surface area contributed by atoms with Crippen molar-refractivity contribution >= 4 is 23.7 Å². The average Bonchev–Trinajstić information content (AvgIpc) is 3.16. The van der Waals surface area contributed by atoms with Crippen LogP contribution in [0.25, 0.3) is 11.1 Å². The fraction of sp³-hybridized carbons (Fsp3) is 0.222. The molecule has 0 spiro atoms. The van der Waals surface area contributed by atoms with Gasteiger partial charge in [0.15, 0.2) is 0 Å². The molecule has 0 unspecified atom stereocenters. The number of amides is 2. The van der Waals surface area contributed by atoms with Crippen LogP contribution in [0.2, 0.25) is 0 Å². The predicted octanol–water partition coefficient (Wildman–Crippen LogP) is 4.81. The number of hydrogen-bond donors (Lipinski definition) is 3. The molecule has 1 aliphatic rings. The molecule has 34 heavy (non-hydrogen) atoms. The third-order valence-corrected chi connectivity index (χ3v) is 6.04. The zero-order chi connectivity index (χ0) is 24.2. The van der Waals surface area contributed by atoms with Crippen molar-refractivity contribution in [2.45, 2.75) is 32.2 Å². The molecule has 0 saturated carbocycles. The van der Waals surface area contributed by atoms with Gasteiger partial charge in [0, 0.05) is 5.92 Å². The van der Waals surface area contributed by atoms with E-state index in [2.05, 4.69) is 22.8 Å². The number of anilines is 1. The highest BCUT2D eigenvalue weighted by Crippen LogP contribution is 2.44. The highest BCUT2D eigenvalue weighted by molar-refractivity contribution is 6.04. The monoisotopic (exact) mass is 458 g/mol. The second-order valence-corrected chi connectivity index (χ2v) is 8.22. The first-order chi connectivity index (χ1) is 16.4. The fourth-order valence-corrected chi connectivity index (χ4v) is 4.19. The van der Waals surface area contributed by atoms with Gasteiger partial charge >= 0.3 is 12.1 Å². The number of carboxylic acids is 1.